The van der Waals surface area contributed by atoms with Gasteiger partial charge >= 0.3 is 0 Å². The average Bonchev–Trinajstić information content (AvgIpc) is 2.69. The molecular formula is C7H15NOS. The monoisotopic (exact) mass is 161 g/mol. The predicted molar refractivity (Wildman–Crippen MR) is 45.5 cm³/mol. The van der Waals surface area contributed by atoms with E-state index in [0.29, 0.717) is 0 Å². The first kappa shape index (κ1) is 8.37. The second-order valence-corrected chi connectivity index (χ2v) is 3.16. The molecule has 1 rings (SSSR count). The average molecular weight is 161 g/mol. The van der Waals surface area contributed by atoms with Crippen molar-refractivity contribution in [1.29, 1.82) is 0 Å². The van der Waals surface area contributed by atoms with Gasteiger partial charge in [0.15, 0.2) is 0 Å². The third-order valence-electron chi connectivity index (χ3n) is 1.84. The van der Waals surface area contributed by atoms with E-state index >= 15 is 0 Å². The molecule has 1 aliphatic carbocycles. The van der Waals surface area contributed by atoms with Crippen LogP contribution in [0.3, 0.4) is 0 Å². The van der Waals surface area contributed by atoms with Gasteiger partial charge in [-0.1, -0.05) is 0 Å². The van der Waals surface area contributed by atoms with E-state index in [1.807, 2.05) is 0 Å². The summed E-state index contributed by atoms with van der Waals surface area (Å²) in [6.07, 6.45) is 2.63. The fourth-order valence-corrected chi connectivity index (χ4v) is 1.43. The molecule has 0 saturated heterocycles. The predicted octanol–water partition coefficient (Wildman–Crippen LogP) is 0.373. The molecule has 0 aliphatic heterocycles. The molecule has 0 amide bonds. The van der Waals surface area contributed by atoms with Crippen LogP contribution in [0.4, 0.5) is 0 Å². The Balaban J connectivity index is 2.13. The van der Waals surface area contributed by atoms with Gasteiger partial charge in [0.25, 0.3) is 0 Å². The van der Waals surface area contributed by atoms with E-state index in [0.717, 1.165) is 24.9 Å². The first-order chi connectivity index (χ1) is 4.88. The van der Waals surface area contributed by atoms with Crippen molar-refractivity contribution in [2.75, 3.05) is 25.4 Å². The fraction of sp³-hybridized carbons (Fsp3) is 1.00. The van der Waals surface area contributed by atoms with Gasteiger partial charge in [0, 0.05) is 24.9 Å². The van der Waals surface area contributed by atoms with E-state index in [4.69, 9.17) is 5.11 Å². The zero-order valence-electron chi connectivity index (χ0n) is 6.16. The van der Waals surface area contributed by atoms with E-state index < -0.39 is 0 Å². The molecular weight excluding hydrogens is 146 g/mol. The summed E-state index contributed by atoms with van der Waals surface area (Å²) >= 11 is 4.15. The molecule has 0 atom stereocenters. The number of aliphatic hydroxyl groups is 1. The third-order valence-corrected chi connectivity index (χ3v) is 2.04. The zero-order chi connectivity index (χ0) is 7.40. The Labute approximate surface area is 67.6 Å². The summed E-state index contributed by atoms with van der Waals surface area (Å²) < 4.78 is 0. The third kappa shape index (κ3) is 2.48. The molecule has 2 nitrogen and oxygen atoms in total. The van der Waals surface area contributed by atoms with Gasteiger partial charge in [-0.25, -0.2) is 0 Å². The van der Waals surface area contributed by atoms with Crippen LogP contribution in [0, 0.1) is 0 Å². The van der Waals surface area contributed by atoms with Gasteiger partial charge in [0.1, 0.15) is 0 Å². The molecule has 3 heteroatoms. The van der Waals surface area contributed by atoms with Crippen LogP contribution >= 0.6 is 12.6 Å². The van der Waals surface area contributed by atoms with Gasteiger partial charge in [-0.15, -0.1) is 0 Å². The van der Waals surface area contributed by atoms with E-state index in [-0.39, 0.29) is 6.61 Å². The minimum absolute atomic E-state index is 0.282. The summed E-state index contributed by atoms with van der Waals surface area (Å²) in [5, 5.41) is 8.67. The Bertz CT molecular complexity index is 89.6. The molecule has 0 aromatic carbocycles. The lowest BCUT2D eigenvalue weighted by Gasteiger charge is -2.18. The lowest BCUT2D eigenvalue weighted by atomic mass is 10.4. The number of nitrogens with zero attached hydrogens (tertiary/aromatic N) is 1. The zero-order valence-corrected chi connectivity index (χ0v) is 7.06. The summed E-state index contributed by atoms with van der Waals surface area (Å²) in [5.74, 6) is 0.899. The molecule has 60 valence electrons. The highest BCUT2D eigenvalue weighted by Gasteiger charge is 2.27. The van der Waals surface area contributed by atoms with Crippen molar-refractivity contribution in [1.82, 2.24) is 4.90 Å². The lowest BCUT2D eigenvalue weighted by Crippen LogP contribution is -2.30. The smallest absolute Gasteiger partial charge is 0.0558 e. The maximum atomic E-state index is 8.67. The molecule has 1 N–H and O–H groups in total. The number of thiol groups is 1. The van der Waals surface area contributed by atoms with Gasteiger partial charge in [-0.3, -0.25) is 4.90 Å². The number of hydrogen-bond acceptors (Lipinski definition) is 3. The molecule has 0 unspecified atom stereocenters. The fourth-order valence-electron chi connectivity index (χ4n) is 1.17. The molecule has 10 heavy (non-hydrogen) atoms. The Hall–Kier alpha value is 0.270. The quantitative estimate of drug-likeness (QED) is 0.569. The first-order valence-corrected chi connectivity index (χ1v) is 4.47. The van der Waals surface area contributed by atoms with Crippen molar-refractivity contribution in [2.45, 2.75) is 18.9 Å². The van der Waals surface area contributed by atoms with Crippen LogP contribution in [0.15, 0.2) is 0 Å². The highest BCUT2D eigenvalue weighted by Crippen LogP contribution is 2.25. The molecule has 0 radical (unpaired) electrons. The maximum Gasteiger partial charge on any atom is 0.0558 e. The molecule has 1 aliphatic rings. The van der Waals surface area contributed by atoms with Crippen molar-refractivity contribution in [2.24, 2.45) is 0 Å². The lowest BCUT2D eigenvalue weighted by molar-refractivity contribution is 0.197. The SMILES string of the molecule is OCCN(CCS)C1CC1. The Morgan fingerprint density at radius 3 is 2.50 bits per heavy atom. The molecule has 0 heterocycles. The first-order valence-electron chi connectivity index (χ1n) is 3.84. The second-order valence-electron chi connectivity index (χ2n) is 2.71. The van der Waals surface area contributed by atoms with Crippen LogP contribution in [0.25, 0.3) is 0 Å². The highest BCUT2D eigenvalue weighted by molar-refractivity contribution is 7.80. The van der Waals surface area contributed by atoms with Crippen molar-refractivity contribution in [3.05, 3.63) is 0 Å². The summed E-state index contributed by atoms with van der Waals surface area (Å²) in [4.78, 5) is 2.31. The summed E-state index contributed by atoms with van der Waals surface area (Å²) in [6, 6.07) is 0.763. The maximum absolute atomic E-state index is 8.67. The van der Waals surface area contributed by atoms with Crippen LogP contribution in [0.2, 0.25) is 0 Å². The number of aliphatic hydroxyl groups excluding tert-OH is 1. The Kier molecular flexibility index (Phi) is 3.52. The van der Waals surface area contributed by atoms with E-state index in [1.165, 1.54) is 12.8 Å². The van der Waals surface area contributed by atoms with Crippen molar-refractivity contribution < 1.29 is 5.11 Å². The van der Waals surface area contributed by atoms with Gasteiger partial charge in [-0.2, -0.15) is 12.6 Å². The molecule has 0 bridgehead atoms. The van der Waals surface area contributed by atoms with E-state index in [9.17, 15) is 0 Å². The summed E-state index contributed by atoms with van der Waals surface area (Å²) in [5.41, 5.74) is 0. The van der Waals surface area contributed by atoms with Crippen molar-refractivity contribution in [3.8, 4) is 0 Å². The standard InChI is InChI=1S/C7H15NOS/c9-5-3-8(4-6-10)7-1-2-7/h7,9-10H,1-6H2. The summed E-state index contributed by atoms with van der Waals surface area (Å²) in [7, 11) is 0. The van der Waals surface area contributed by atoms with Crippen molar-refractivity contribution >= 4 is 12.6 Å². The molecule has 0 spiro atoms. The van der Waals surface area contributed by atoms with Crippen LogP contribution < -0.4 is 0 Å². The number of hydrogen-bond donors (Lipinski definition) is 2. The highest BCUT2D eigenvalue weighted by atomic mass is 32.1. The molecule has 1 saturated carbocycles. The van der Waals surface area contributed by atoms with Gasteiger partial charge in [0.05, 0.1) is 6.61 Å². The summed E-state index contributed by atoms with van der Waals surface area (Å²) in [6.45, 7) is 2.13. The second kappa shape index (κ2) is 4.21. The van der Waals surface area contributed by atoms with Crippen LogP contribution in [-0.2, 0) is 0 Å². The minimum Gasteiger partial charge on any atom is -0.395 e. The topological polar surface area (TPSA) is 23.5 Å². The largest absolute Gasteiger partial charge is 0.395 e. The van der Waals surface area contributed by atoms with Gasteiger partial charge < -0.3 is 5.11 Å². The molecule has 0 aromatic heterocycles. The van der Waals surface area contributed by atoms with Crippen molar-refractivity contribution in [3.63, 3.8) is 0 Å². The van der Waals surface area contributed by atoms with Gasteiger partial charge in [0.2, 0.25) is 0 Å². The Morgan fingerprint density at radius 1 is 1.40 bits per heavy atom. The van der Waals surface area contributed by atoms with Crippen LogP contribution in [0.1, 0.15) is 12.8 Å². The normalized spacial score (nSPS) is 18.3. The van der Waals surface area contributed by atoms with E-state index in [2.05, 4.69) is 17.5 Å². The van der Waals surface area contributed by atoms with Crippen LogP contribution in [-0.4, -0.2) is 41.5 Å². The Morgan fingerprint density at radius 2 is 2.10 bits per heavy atom. The van der Waals surface area contributed by atoms with Crippen LogP contribution in [0.5, 0.6) is 0 Å². The minimum atomic E-state index is 0.282. The van der Waals surface area contributed by atoms with E-state index in [1.54, 1.807) is 0 Å². The molecule has 1 fully saturated rings. The number of rotatable bonds is 5. The van der Waals surface area contributed by atoms with Gasteiger partial charge in [-0.05, 0) is 12.8 Å². The molecule has 0 aromatic rings.